The highest BCUT2D eigenvalue weighted by atomic mass is 16.4. The molecular formula is C15H23N3O3. The third-order valence-corrected chi connectivity index (χ3v) is 3.97. The average Bonchev–Trinajstić information content (AvgIpc) is 3.04. The molecule has 6 nitrogen and oxygen atoms in total. The second kappa shape index (κ2) is 6.76. The van der Waals surface area contributed by atoms with Gasteiger partial charge < -0.3 is 19.9 Å². The zero-order valence-electron chi connectivity index (χ0n) is 12.6. The van der Waals surface area contributed by atoms with E-state index in [2.05, 4.69) is 24.1 Å². The lowest BCUT2D eigenvalue weighted by atomic mass is 10.1. The van der Waals surface area contributed by atoms with Crippen molar-refractivity contribution in [2.24, 2.45) is 5.92 Å². The Morgan fingerprint density at radius 3 is 2.86 bits per heavy atom. The zero-order chi connectivity index (χ0) is 15.4. The minimum absolute atomic E-state index is 0.194. The van der Waals surface area contributed by atoms with Crippen LogP contribution in [0.5, 0.6) is 0 Å². The molecule has 1 atom stereocenters. The van der Waals surface area contributed by atoms with Crippen molar-refractivity contribution in [3.63, 3.8) is 0 Å². The Morgan fingerprint density at radius 1 is 1.48 bits per heavy atom. The molecule has 1 aliphatic heterocycles. The van der Waals surface area contributed by atoms with Crippen molar-refractivity contribution in [3.05, 3.63) is 24.0 Å². The molecule has 1 aliphatic rings. The first kappa shape index (κ1) is 15.6. The van der Waals surface area contributed by atoms with Crippen LogP contribution >= 0.6 is 0 Å². The van der Waals surface area contributed by atoms with Crippen LogP contribution in [-0.4, -0.2) is 52.1 Å². The van der Waals surface area contributed by atoms with E-state index in [0.29, 0.717) is 24.2 Å². The molecule has 0 aliphatic carbocycles. The number of aromatic nitrogens is 1. The van der Waals surface area contributed by atoms with Crippen LogP contribution in [0.4, 0.5) is 0 Å². The van der Waals surface area contributed by atoms with Crippen LogP contribution in [0.1, 0.15) is 30.8 Å². The maximum Gasteiger partial charge on any atom is 0.323 e. The number of nitrogens with one attached hydrogen (secondary N) is 1. The Hall–Kier alpha value is -1.82. The Kier molecular flexibility index (Phi) is 5.01. The van der Waals surface area contributed by atoms with Crippen molar-refractivity contribution in [1.29, 1.82) is 0 Å². The molecule has 1 aromatic heterocycles. The number of hydrogen-bond donors (Lipinski definition) is 2. The highest BCUT2D eigenvalue weighted by Crippen LogP contribution is 2.17. The van der Waals surface area contributed by atoms with Crippen LogP contribution in [0.2, 0.25) is 0 Å². The van der Waals surface area contributed by atoms with Gasteiger partial charge in [0.25, 0.3) is 5.91 Å². The number of carboxylic acid groups (broad SMARTS) is 1. The Balaban J connectivity index is 1.85. The maximum absolute atomic E-state index is 12.1. The Bertz CT molecular complexity index is 510. The fourth-order valence-corrected chi connectivity index (χ4v) is 2.73. The number of hydrogen-bond acceptors (Lipinski definition) is 3. The second-order valence-corrected chi connectivity index (χ2v) is 5.87. The molecule has 0 radical (unpaired) electrons. The summed E-state index contributed by atoms with van der Waals surface area (Å²) in [4.78, 5) is 25.3. The van der Waals surface area contributed by atoms with Gasteiger partial charge in [0.2, 0.25) is 0 Å². The second-order valence-electron chi connectivity index (χ2n) is 5.87. The van der Waals surface area contributed by atoms with Crippen LogP contribution in [0.25, 0.3) is 0 Å². The molecule has 0 saturated carbocycles. The zero-order valence-corrected chi connectivity index (χ0v) is 12.6. The summed E-state index contributed by atoms with van der Waals surface area (Å²) >= 11 is 0. The van der Waals surface area contributed by atoms with Gasteiger partial charge >= 0.3 is 5.97 Å². The molecule has 6 heteroatoms. The van der Waals surface area contributed by atoms with Gasteiger partial charge in [0.05, 0.1) is 0 Å². The number of likely N-dealkylation sites (tertiary alicyclic amines) is 1. The lowest BCUT2D eigenvalue weighted by molar-refractivity contribution is -0.137. The van der Waals surface area contributed by atoms with Gasteiger partial charge in [-0.3, -0.25) is 9.59 Å². The normalized spacial score (nSPS) is 19.1. The SMILES string of the molecule is CC(C)N1CCC(CNC(=O)c2cccn2CC(=O)O)C1. The fraction of sp³-hybridized carbons (Fsp3) is 0.600. The van der Waals surface area contributed by atoms with Crippen LogP contribution in [-0.2, 0) is 11.3 Å². The molecule has 2 rings (SSSR count). The van der Waals surface area contributed by atoms with Gasteiger partial charge in [-0.25, -0.2) is 0 Å². The average molecular weight is 293 g/mol. The number of carboxylic acids is 1. The summed E-state index contributed by atoms with van der Waals surface area (Å²) in [7, 11) is 0. The molecule has 2 heterocycles. The third-order valence-electron chi connectivity index (χ3n) is 3.97. The summed E-state index contributed by atoms with van der Waals surface area (Å²) in [5, 5.41) is 11.7. The van der Waals surface area contributed by atoms with Gasteiger partial charge in [0.1, 0.15) is 12.2 Å². The highest BCUT2D eigenvalue weighted by Gasteiger charge is 2.24. The molecule has 1 fully saturated rings. The van der Waals surface area contributed by atoms with Crippen molar-refractivity contribution in [1.82, 2.24) is 14.8 Å². The molecular weight excluding hydrogens is 270 g/mol. The van der Waals surface area contributed by atoms with Gasteiger partial charge in [-0.1, -0.05) is 0 Å². The quantitative estimate of drug-likeness (QED) is 0.821. The molecule has 1 amide bonds. The van der Waals surface area contributed by atoms with E-state index in [1.54, 1.807) is 18.3 Å². The largest absolute Gasteiger partial charge is 0.480 e. The van der Waals surface area contributed by atoms with Gasteiger partial charge in [-0.2, -0.15) is 0 Å². The number of carbonyl (C=O) groups excluding carboxylic acids is 1. The first-order valence-corrected chi connectivity index (χ1v) is 7.36. The van der Waals surface area contributed by atoms with Gasteiger partial charge in [-0.05, 0) is 44.9 Å². The molecule has 2 N–H and O–H groups in total. The highest BCUT2D eigenvalue weighted by molar-refractivity contribution is 5.93. The van der Waals surface area contributed by atoms with Crippen molar-refractivity contribution >= 4 is 11.9 Å². The van der Waals surface area contributed by atoms with E-state index >= 15 is 0 Å². The van der Waals surface area contributed by atoms with E-state index in [0.717, 1.165) is 19.5 Å². The number of rotatable bonds is 6. The van der Waals surface area contributed by atoms with E-state index in [9.17, 15) is 9.59 Å². The molecule has 116 valence electrons. The van der Waals surface area contributed by atoms with Crippen LogP contribution in [0, 0.1) is 5.92 Å². The first-order chi connectivity index (χ1) is 9.97. The fourth-order valence-electron chi connectivity index (χ4n) is 2.73. The van der Waals surface area contributed by atoms with E-state index < -0.39 is 5.97 Å². The minimum atomic E-state index is -0.955. The van der Waals surface area contributed by atoms with Crippen molar-refractivity contribution < 1.29 is 14.7 Å². The Morgan fingerprint density at radius 2 is 2.24 bits per heavy atom. The molecule has 0 aromatic carbocycles. The summed E-state index contributed by atoms with van der Waals surface area (Å²) in [6.45, 7) is 6.89. The number of amides is 1. The predicted octanol–water partition coefficient (Wildman–Crippen LogP) is 1.03. The molecule has 1 saturated heterocycles. The van der Waals surface area contributed by atoms with Crippen LogP contribution in [0.15, 0.2) is 18.3 Å². The summed E-state index contributed by atoms with van der Waals surface area (Å²) in [5.41, 5.74) is 0.399. The lowest BCUT2D eigenvalue weighted by Crippen LogP contribution is -2.33. The Labute approximate surface area is 124 Å². The summed E-state index contributed by atoms with van der Waals surface area (Å²) < 4.78 is 1.45. The summed E-state index contributed by atoms with van der Waals surface area (Å²) in [6.07, 6.45) is 2.70. The minimum Gasteiger partial charge on any atom is -0.480 e. The smallest absolute Gasteiger partial charge is 0.323 e. The van der Waals surface area contributed by atoms with Gasteiger partial charge in [0.15, 0.2) is 0 Å². The monoisotopic (exact) mass is 293 g/mol. The maximum atomic E-state index is 12.1. The predicted molar refractivity (Wildman–Crippen MR) is 79.2 cm³/mol. The van der Waals surface area contributed by atoms with Gasteiger partial charge in [0, 0.05) is 25.3 Å². The number of carbonyl (C=O) groups is 2. The molecule has 21 heavy (non-hydrogen) atoms. The van der Waals surface area contributed by atoms with E-state index in [1.165, 1.54) is 4.57 Å². The van der Waals surface area contributed by atoms with E-state index in [-0.39, 0.29) is 12.5 Å². The van der Waals surface area contributed by atoms with Crippen molar-refractivity contribution in [2.75, 3.05) is 19.6 Å². The molecule has 1 aromatic rings. The third kappa shape index (κ3) is 4.07. The van der Waals surface area contributed by atoms with Crippen LogP contribution in [0.3, 0.4) is 0 Å². The topological polar surface area (TPSA) is 74.6 Å². The van der Waals surface area contributed by atoms with Crippen molar-refractivity contribution in [3.8, 4) is 0 Å². The summed E-state index contributed by atoms with van der Waals surface area (Å²) in [6, 6.07) is 3.87. The van der Waals surface area contributed by atoms with E-state index in [1.807, 2.05) is 0 Å². The molecule has 1 unspecified atom stereocenters. The lowest BCUT2D eigenvalue weighted by Gasteiger charge is -2.20. The van der Waals surface area contributed by atoms with Gasteiger partial charge in [-0.15, -0.1) is 0 Å². The molecule has 0 bridgehead atoms. The standard InChI is InChI=1S/C15H23N3O3/c1-11(2)17-7-5-12(9-17)8-16-15(21)13-4-3-6-18(13)10-14(19)20/h3-4,6,11-12H,5,7-10H2,1-2H3,(H,16,21)(H,19,20). The summed E-state index contributed by atoms with van der Waals surface area (Å²) in [5.74, 6) is -0.688. The van der Waals surface area contributed by atoms with Crippen LogP contribution < -0.4 is 5.32 Å². The molecule has 0 spiro atoms. The van der Waals surface area contributed by atoms with Crippen molar-refractivity contribution in [2.45, 2.75) is 32.9 Å². The number of nitrogens with zero attached hydrogens (tertiary/aromatic N) is 2. The number of aliphatic carboxylic acids is 1. The first-order valence-electron chi connectivity index (χ1n) is 7.36. The van der Waals surface area contributed by atoms with E-state index in [4.69, 9.17) is 5.11 Å².